The molecule has 1 aromatic heterocycles. The normalized spacial score (nSPS) is 11.8. The molecule has 6 heteroatoms. The zero-order chi connectivity index (χ0) is 13.8. The van der Waals surface area contributed by atoms with Crippen LogP contribution in [-0.4, -0.2) is 28.1 Å². The third kappa shape index (κ3) is 2.98. The molecule has 0 aliphatic heterocycles. The van der Waals surface area contributed by atoms with Gasteiger partial charge in [0.1, 0.15) is 6.04 Å². The molecule has 1 heterocycles. The molecular weight excluding hydrogens is 246 g/mol. The molecular formula is C13H13N3O3. The molecule has 1 atom stereocenters. The number of aromatic nitrogens is 1. The van der Waals surface area contributed by atoms with Crippen molar-refractivity contribution >= 4 is 28.5 Å². The summed E-state index contributed by atoms with van der Waals surface area (Å²) in [7, 11) is 0. The van der Waals surface area contributed by atoms with Crippen molar-refractivity contribution in [1.82, 2.24) is 10.3 Å². The highest BCUT2D eigenvalue weighted by atomic mass is 16.4. The van der Waals surface area contributed by atoms with Gasteiger partial charge >= 0.3 is 12.0 Å². The molecule has 98 valence electrons. The summed E-state index contributed by atoms with van der Waals surface area (Å²) in [5.74, 6) is -1.09. The maximum atomic E-state index is 11.7. The van der Waals surface area contributed by atoms with E-state index in [9.17, 15) is 9.59 Å². The number of hydrogen-bond donors (Lipinski definition) is 3. The predicted molar refractivity (Wildman–Crippen MR) is 71.0 cm³/mol. The molecule has 0 saturated carbocycles. The summed E-state index contributed by atoms with van der Waals surface area (Å²) in [5.41, 5.74) is 0.606. The summed E-state index contributed by atoms with van der Waals surface area (Å²) in [6.07, 6.45) is 3.32. The Bertz CT molecular complexity index is 622. The Morgan fingerprint density at radius 1 is 1.32 bits per heavy atom. The second-order valence-electron chi connectivity index (χ2n) is 4.06. The summed E-state index contributed by atoms with van der Waals surface area (Å²) in [4.78, 5) is 26.3. The Balaban J connectivity index is 2.17. The minimum Gasteiger partial charge on any atom is -0.480 e. The molecule has 1 aromatic carbocycles. The molecule has 0 radical (unpaired) electrons. The number of amides is 2. The number of anilines is 1. The number of pyridine rings is 1. The van der Waals surface area contributed by atoms with Gasteiger partial charge in [-0.05, 0) is 19.1 Å². The summed E-state index contributed by atoms with van der Waals surface area (Å²) < 4.78 is 0. The van der Waals surface area contributed by atoms with Gasteiger partial charge < -0.3 is 15.7 Å². The van der Waals surface area contributed by atoms with E-state index in [1.807, 2.05) is 6.07 Å². The number of aliphatic carboxylic acids is 1. The highest BCUT2D eigenvalue weighted by Crippen LogP contribution is 2.21. The number of fused-ring (bicyclic) bond motifs is 1. The van der Waals surface area contributed by atoms with Gasteiger partial charge in [-0.1, -0.05) is 12.1 Å². The van der Waals surface area contributed by atoms with E-state index in [0.717, 1.165) is 10.8 Å². The van der Waals surface area contributed by atoms with Crippen LogP contribution < -0.4 is 10.6 Å². The summed E-state index contributed by atoms with van der Waals surface area (Å²) >= 11 is 0. The van der Waals surface area contributed by atoms with Gasteiger partial charge in [0, 0.05) is 23.2 Å². The standard InChI is InChI=1S/C13H13N3O3/c1-8(12(17)18)15-13(19)16-11-4-2-3-9-7-14-6-5-10(9)11/h2-8H,1H3,(H,17,18)(H2,15,16,19)/t8-/m0/s1. The van der Waals surface area contributed by atoms with E-state index in [-0.39, 0.29) is 0 Å². The molecule has 0 bridgehead atoms. The monoisotopic (exact) mass is 259 g/mol. The SMILES string of the molecule is C[C@H](NC(=O)Nc1cccc2cnccc12)C(=O)O. The number of carbonyl (C=O) groups excluding carboxylic acids is 1. The van der Waals surface area contributed by atoms with Gasteiger partial charge in [-0.3, -0.25) is 9.78 Å². The van der Waals surface area contributed by atoms with Crippen LogP contribution >= 0.6 is 0 Å². The summed E-state index contributed by atoms with van der Waals surface area (Å²) in [6, 6.07) is 5.70. The molecule has 6 nitrogen and oxygen atoms in total. The van der Waals surface area contributed by atoms with E-state index < -0.39 is 18.0 Å². The van der Waals surface area contributed by atoms with Gasteiger partial charge in [0.25, 0.3) is 0 Å². The lowest BCUT2D eigenvalue weighted by Crippen LogP contribution is -2.40. The third-order valence-corrected chi connectivity index (χ3v) is 2.65. The molecule has 2 rings (SSSR count). The molecule has 0 fully saturated rings. The summed E-state index contributed by atoms with van der Waals surface area (Å²) in [6.45, 7) is 1.40. The maximum absolute atomic E-state index is 11.7. The van der Waals surface area contributed by atoms with Crippen LogP contribution in [0.1, 0.15) is 6.92 Å². The van der Waals surface area contributed by atoms with E-state index in [4.69, 9.17) is 5.11 Å². The van der Waals surface area contributed by atoms with Crippen molar-refractivity contribution in [2.45, 2.75) is 13.0 Å². The number of carboxylic acid groups (broad SMARTS) is 1. The van der Waals surface area contributed by atoms with Crippen LogP contribution in [0.3, 0.4) is 0 Å². The first-order valence-corrected chi connectivity index (χ1v) is 5.71. The topological polar surface area (TPSA) is 91.3 Å². The molecule has 0 spiro atoms. The zero-order valence-corrected chi connectivity index (χ0v) is 10.3. The number of benzene rings is 1. The van der Waals surface area contributed by atoms with Crippen molar-refractivity contribution in [3.63, 3.8) is 0 Å². The molecule has 0 aliphatic rings. The predicted octanol–water partition coefficient (Wildman–Crippen LogP) is 1.83. The molecule has 2 amide bonds. The van der Waals surface area contributed by atoms with Crippen LogP contribution in [0, 0.1) is 0 Å². The van der Waals surface area contributed by atoms with Crippen molar-refractivity contribution in [2.75, 3.05) is 5.32 Å². The maximum Gasteiger partial charge on any atom is 0.325 e. The largest absolute Gasteiger partial charge is 0.480 e. The van der Waals surface area contributed by atoms with Gasteiger partial charge in [-0.25, -0.2) is 4.79 Å². The zero-order valence-electron chi connectivity index (χ0n) is 10.3. The quantitative estimate of drug-likeness (QED) is 0.784. The Kier molecular flexibility index (Phi) is 3.61. The number of nitrogens with one attached hydrogen (secondary N) is 2. The Morgan fingerprint density at radius 3 is 2.84 bits per heavy atom. The molecule has 0 aliphatic carbocycles. The van der Waals surface area contributed by atoms with Crippen LogP contribution in [0.15, 0.2) is 36.7 Å². The number of rotatable bonds is 3. The fraction of sp³-hybridized carbons (Fsp3) is 0.154. The highest BCUT2D eigenvalue weighted by molar-refractivity contribution is 6.01. The van der Waals surface area contributed by atoms with Gasteiger partial charge in [-0.15, -0.1) is 0 Å². The van der Waals surface area contributed by atoms with Gasteiger partial charge in [0.15, 0.2) is 0 Å². The molecule has 3 N–H and O–H groups in total. The van der Waals surface area contributed by atoms with Crippen LogP contribution in [0.25, 0.3) is 10.8 Å². The second-order valence-corrected chi connectivity index (χ2v) is 4.06. The number of urea groups is 1. The average Bonchev–Trinajstić information content (AvgIpc) is 2.39. The lowest BCUT2D eigenvalue weighted by Gasteiger charge is -2.12. The fourth-order valence-corrected chi connectivity index (χ4v) is 1.65. The van der Waals surface area contributed by atoms with E-state index in [0.29, 0.717) is 5.69 Å². The average molecular weight is 259 g/mol. The second kappa shape index (κ2) is 5.34. The van der Waals surface area contributed by atoms with Crippen LogP contribution in [-0.2, 0) is 4.79 Å². The smallest absolute Gasteiger partial charge is 0.325 e. The highest BCUT2D eigenvalue weighted by Gasteiger charge is 2.14. The van der Waals surface area contributed by atoms with Crippen molar-refractivity contribution in [1.29, 1.82) is 0 Å². The van der Waals surface area contributed by atoms with Crippen molar-refractivity contribution in [3.05, 3.63) is 36.7 Å². The number of nitrogens with zero attached hydrogens (tertiary/aromatic N) is 1. The number of carboxylic acids is 1. The minimum absolute atomic E-state index is 0.556. The van der Waals surface area contributed by atoms with Crippen molar-refractivity contribution < 1.29 is 14.7 Å². The Morgan fingerprint density at radius 2 is 2.11 bits per heavy atom. The molecule has 0 saturated heterocycles. The Hall–Kier alpha value is -2.63. The lowest BCUT2D eigenvalue weighted by molar-refractivity contribution is -0.138. The lowest BCUT2D eigenvalue weighted by atomic mass is 10.1. The van der Waals surface area contributed by atoms with E-state index in [1.54, 1.807) is 30.6 Å². The number of carbonyl (C=O) groups is 2. The van der Waals surface area contributed by atoms with Crippen LogP contribution in [0.4, 0.5) is 10.5 Å². The van der Waals surface area contributed by atoms with E-state index >= 15 is 0 Å². The van der Waals surface area contributed by atoms with Gasteiger partial charge in [0.2, 0.25) is 0 Å². The fourth-order valence-electron chi connectivity index (χ4n) is 1.65. The van der Waals surface area contributed by atoms with Crippen molar-refractivity contribution in [3.8, 4) is 0 Å². The molecule has 2 aromatic rings. The van der Waals surface area contributed by atoms with Crippen LogP contribution in [0.5, 0.6) is 0 Å². The third-order valence-electron chi connectivity index (χ3n) is 2.65. The minimum atomic E-state index is -1.09. The van der Waals surface area contributed by atoms with E-state index in [1.165, 1.54) is 6.92 Å². The van der Waals surface area contributed by atoms with Gasteiger partial charge in [0.05, 0.1) is 5.69 Å². The number of hydrogen-bond acceptors (Lipinski definition) is 3. The molecule has 0 unspecified atom stereocenters. The Labute approximate surface area is 109 Å². The first-order valence-electron chi connectivity index (χ1n) is 5.71. The first-order chi connectivity index (χ1) is 9.08. The van der Waals surface area contributed by atoms with Gasteiger partial charge in [-0.2, -0.15) is 0 Å². The molecule has 19 heavy (non-hydrogen) atoms. The van der Waals surface area contributed by atoms with E-state index in [2.05, 4.69) is 15.6 Å². The van der Waals surface area contributed by atoms with Crippen molar-refractivity contribution in [2.24, 2.45) is 0 Å². The summed E-state index contributed by atoms with van der Waals surface area (Å²) in [5, 5.41) is 15.4. The first kappa shape index (κ1) is 12.8. The van der Waals surface area contributed by atoms with Crippen LogP contribution in [0.2, 0.25) is 0 Å².